The molecule has 1 atom stereocenters. The van der Waals surface area contributed by atoms with Gasteiger partial charge in [-0.3, -0.25) is 9.59 Å². The summed E-state index contributed by atoms with van der Waals surface area (Å²) in [4.78, 5) is 27.4. The van der Waals surface area contributed by atoms with Crippen molar-refractivity contribution in [3.05, 3.63) is 0 Å². The average molecular weight is 608 g/mol. The Morgan fingerprint density at radius 2 is 1.11 bits per heavy atom. The van der Waals surface area contributed by atoms with E-state index >= 15 is 0 Å². The predicted molar refractivity (Wildman–Crippen MR) is 169 cm³/mol. The van der Waals surface area contributed by atoms with Crippen LogP contribution in [0, 0.1) is 0 Å². The molecule has 7 nitrogen and oxygen atoms in total. The number of nitrogens with zero attached hydrogens (tertiary/aromatic N) is 1. The minimum Gasteiger partial charge on any atom is -0.519 e. The molecule has 11 heteroatoms. The van der Waals surface area contributed by atoms with Crippen molar-refractivity contribution in [2.45, 2.75) is 143 Å². The van der Waals surface area contributed by atoms with Crippen molar-refractivity contribution >= 4 is 45.4 Å². The van der Waals surface area contributed by atoms with Gasteiger partial charge in [0.05, 0.1) is 6.42 Å². The van der Waals surface area contributed by atoms with Gasteiger partial charge in [-0.25, -0.2) is 0 Å². The summed E-state index contributed by atoms with van der Waals surface area (Å²) in [7, 11) is -8.61. The first-order valence-electron chi connectivity index (χ1n) is 15.2. The molecule has 0 bridgehead atoms. The van der Waals surface area contributed by atoms with Gasteiger partial charge in [-0.05, 0) is 75.7 Å². The second-order valence-electron chi connectivity index (χ2n) is 11.6. The van der Waals surface area contributed by atoms with E-state index < -0.39 is 39.5 Å². The van der Waals surface area contributed by atoms with Crippen molar-refractivity contribution in [2.75, 3.05) is 19.8 Å². The Bertz CT molecular complexity index is 673. The van der Waals surface area contributed by atoms with Crippen molar-refractivity contribution < 1.29 is 27.3 Å². The Morgan fingerprint density at radius 3 is 1.47 bits per heavy atom. The first kappa shape index (κ1) is 37.7. The van der Waals surface area contributed by atoms with Crippen LogP contribution in [0.25, 0.3) is 0 Å². The van der Waals surface area contributed by atoms with Crippen LogP contribution in [0.4, 0.5) is 0 Å². The van der Waals surface area contributed by atoms with E-state index in [0.29, 0.717) is 19.8 Å². The molecule has 0 heterocycles. The maximum Gasteiger partial charge on any atom is 0.334 e. The normalized spacial score (nSPS) is 14.0. The van der Waals surface area contributed by atoms with E-state index in [9.17, 15) is 9.59 Å². The van der Waals surface area contributed by atoms with Crippen LogP contribution < -0.4 is 0 Å². The van der Waals surface area contributed by atoms with Crippen LogP contribution in [-0.4, -0.2) is 75.7 Å². The van der Waals surface area contributed by atoms with E-state index in [-0.39, 0.29) is 18.4 Å². The van der Waals surface area contributed by atoms with Gasteiger partial charge in [-0.2, -0.15) is 0 Å². The third-order valence-electron chi connectivity index (χ3n) is 8.31. The fourth-order valence-corrected chi connectivity index (χ4v) is 14.7. The number of rotatable bonds is 21. The smallest absolute Gasteiger partial charge is 0.334 e. The molecule has 0 rings (SSSR count). The molecule has 38 heavy (non-hydrogen) atoms. The predicted octanol–water partition coefficient (Wildman–Crippen LogP) is 7.51. The average Bonchev–Trinajstić information content (AvgIpc) is 2.87. The summed E-state index contributed by atoms with van der Waals surface area (Å²) >= 11 is 0. The summed E-state index contributed by atoms with van der Waals surface area (Å²) in [5.74, 6) is -0.472. The molecule has 0 aliphatic heterocycles. The first-order valence-corrected chi connectivity index (χ1v) is 26.2. The van der Waals surface area contributed by atoms with Gasteiger partial charge in [0, 0.05) is 13.2 Å². The monoisotopic (exact) mass is 607 g/mol. The summed E-state index contributed by atoms with van der Waals surface area (Å²) in [5.41, 5.74) is 0. The summed E-state index contributed by atoms with van der Waals surface area (Å²) in [6.07, 6.45) is 0.909. The molecule has 0 spiro atoms. The van der Waals surface area contributed by atoms with Gasteiger partial charge >= 0.3 is 14.5 Å². The van der Waals surface area contributed by atoms with Crippen LogP contribution in [0.1, 0.15) is 68.2 Å². The highest BCUT2D eigenvalue weighted by atomic mass is 28.4. The van der Waals surface area contributed by atoms with Crippen LogP contribution in [0.5, 0.6) is 0 Å². The second-order valence-corrected chi connectivity index (χ2v) is 29.2. The molecule has 0 aliphatic carbocycles. The summed E-state index contributed by atoms with van der Waals surface area (Å²) in [6, 6.07) is 5.59. The fourth-order valence-electron chi connectivity index (χ4n) is 5.30. The minimum atomic E-state index is -2.28. The summed E-state index contributed by atoms with van der Waals surface area (Å²) < 4.78 is 27.1. The molecule has 1 unspecified atom stereocenters. The lowest BCUT2D eigenvalue weighted by molar-refractivity contribution is -0.146. The van der Waals surface area contributed by atoms with Gasteiger partial charge in [-0.1, -0.05) is 61.2 Å². The SMILES string of the molecule is CCO[Si](C)(CCCN(C(CC(=O)O[Si](CC)(CC)CC)C(=O)O[Si](CC)(CC)CC)[Si](C)(C)C)OCC. The molecule has 0 saturated carbocycles. The molecular formula is C27H61NO6Si4. The van der Waals surface area contributed by atoms with E-state index in [1.165, 1.54) is 0 Å². The van der Waals surface area contributed by atoms with Crippen LogP contribution in [0.3, 0.4) is 0 Å². The first-order chi connectivity index (χ1) is 17.7. The van der Waals surface area contributed by atoms with E-state index in [2.05, 4.69) is 72.3 Å². The quantitative estimate of drug-likeness (QED) is 0.125. The standard InChI is InChI=1S/C27H61NO6Si4/c1-13-31-36(12,32-14-2)23-21-22-28(35(9,10)11)25(27(30)34-38(18-6,19-7)20-8)24-26(29)33-37(15-3,16-4)17-5/h25H,13-24H2,1-12H3. The molecular weight excluding hydrogens is 547 g/mol. The molecule has 0 aromatic rings. The van der Waals surface area contributed by atoms with Gasteiger partial charge in [0.1, 0.15) is 14.3 Å². The van der Waals surface area contributed by atoms with Gasteiger partial charge in [0.15, 0.2) is 0 Å². The van der Waals surface area contributed by atoms with Gasteiger partial charge < -0.3 is 22.3 Å². The van der Waals surface area contributed by atoms with E-state index in [1.807, 2.05) is 13.8 Å². The molecule has 0 aliphatic rings. The zero-order valence-corrected chi connectivity index (χ0v) is 31.0. The van der Waals surface area contributed by atoms with Crippen LogP contribution in [0.15, 0.2) is 0 Å². The maximum atomic E-state index is 14.0. The van der Waals surface area contributed by atoms with Gasteiger partial charge in [0.2, 0.25) is 0 Å². The van der Waals surface area contributed by atoms with Crippen LogP contribution in [-0.2, 0) is 27.3 Å². The lowest BCUT2D eigenvalue weighted by Gasteiger charge is -2.41. The molecule has 0 aromatic heterocycles. The number of carbonyl (C=O) groups excluding carboxylic acids is 2. The molecule has 0 saturated heterocycles. The lowest BCUT2D eigenvalue weighted by Crippen LogP contribution is -2.58. The molecule has 0 radical (unpaired) electrons. The van der Waals surface area contributed by atoms with E-state index in [1.54, 1.807) is 0 Å². The highest BCUT2D eigenvalue weighted by molar-refractivity contribution is 6.76. The van der Waals surface area contributed by atoms with Crippen molar-refractivity contribution in [1.82, 2.24) is 4.57 Å². The van der Waals surface area contributed by atoms with Crippen LogP contribution in [0.2, 0.25) is 68.5 Å². The van der Waals surface area contributed by atoms with Crippen molar-refractivity contribution in [2.24, 2.45) is 0 Å². The molecule has 0 fully saturated rings. The van der Waals surface area contributed by atoms with Gasteiger partial charge in [0.25, 0.3) is 22.6 Å². The number of hydrogen-bond acceptors (Lipinski definition) is 7. The third-order valence-corrected chi connectivity index (χ3v) is 22.7. The highest BCUT2D eigenvalue weighted by Gasteiger charge is 2.43. The Labute approximate surface area is 239 Å². The summed E-state index contributed by atoms with van der Waals surface area (Å²) in [6.45, 7) is 27.6. The Hall–Kier alpha value is -0.312. The molecule has 226 valence electrons. The van der Waals surface area contributed by atoms with E-state index in [4.69, 9.17) is 17.7 Å². The summed E-state index contributed by atoms with van der Waals surface area (Å²) in [5, 5.41) is 0. The van der Waals surface area contributed by atoms with Crippen molar-refractivity contribution in [1.29, 1.82) is 0 Å². The highest BCUT2D eigenvalue weighted by Crippen LogP contribution is 2.28. The van der Waals surface area contributed by atoms with Crippen LogP contribution >= 0.6 is 0 Å². The lowest BCUT2D eigenvalue weighted by atomic mass is 10.2. The topological polar surface area (TPSA) is 74.3 Å². The van der Waals surface area contributed by atoms with Crippen molar-refractivity contribution in [3.63, 3.8) is 0 Å². The maximum absolute atomic E-state index is 14.0. The minimum absolute atomic E-state index is 0.0606. The van der Waals surface area contributed by atoms with E-state index in [0.717, 1.165) is 48.7 Å². The zero-order valence-electron chi connectivity index (χ0n) is 27.0. The molecule has 0 amide bonds. The van der Waals surface area contributed by atoms with Crippen molar-refractivity contribution in [3.8, 4) is 0 Å². The Kier molecular flexibility index (Phi) is 17.3. The molecule has 0 N–H and O–H groups in total. The largest absolute Gasteiger partial charge is 0.519 e. The Balaban J connectivity index is 6.19. The second kappa shape index (κ2) is 17.5. The zero-order chi connectivity index (χ0) is 29.6. The molecule has 0 aromatic carbocycles. The third kappa shape index (κ3) is 11.7. The van der Waals surface area contributed by atoms with Gasteiger partial charge in [-0.15, -0.1) is 0 Å². The Morgan fingerprint density at radius 1 is 0.684 bits per heavy atom. The number of carbonyl (C=O) groups is 2. The fraction of sp³-hybridized carbons (Fsp3) is 0.926. The number of hydrogen-bond donors (Lipinski definition) is 0.